The first-order valence-corrected chi connectivity index (χ1v) is 11.0. The fraction of sp³-hybridized carbons (Fsp3) is 0.364. The fourth-order valence-electron chi connectivity index (χ4n) is 2.32. The molecule has 0 aliphatic heterocycles. The summed E-state index contributed by atoms with van der Waals surface area (Å²) in [5, 5.41) is 5.63. The van der Waals surface area contributed by atoms with Crippen LogP contribution in [0.3, 0.4) is 0 Å². The number of hydrogen-bond donors (Lipinski definition) is 3. The SMILES string of the molecule is CC(C)(C)NC(=O)c1ccc(NC(=O)c2ccc(NS(=O)(=O)C(C)(C)C)cc2)cc1. The predicted molar refractivity (Wildman–Crippen MR) is 120 cm³/mol. The summed E-state index contributed by atoms with van der Waals surface area (Å²) in [5.74, 6) is -0.527. The molecule has 30 heavy (non-hydrogen) atoms. The van der Waals surface area contributed by atoms with Crippen LogP contribution < -0.4 is 15.4 Å². The summed E-state index contributed by atoms with van der Waals surface area (Å²) in [6.07, 6.45) is 0. The van der Waals surface area contributed by atoms with Gasteiger partial charge in [-0.15, -0.1) is 0 Å². The van der Waals surface area contributed by atoms with Gasteiger partial charge in [-0.25, -0.2) is 8.42 Å². The third kappa shape index (κ3) is 6.32. The van der Waals surface area contributed by atoms with Crippen molar-refractivity contribution in [1.82, 2.24) is 5.32 Å². The zero-order valence-electron chi connectivity index (χ0n) is 18.2. The Bertz CT molecular complexity index is 1010. The summed E-state index contributed by atoms with van der Waals surface area (Å²) in [7, 11) is -3.54. The average molecular weight is 432 g/mol. The van der Waals surface area contributed by atoms with E-state index in [-0.39, 0.29) is 17.4 Å². The Morgan fingerprint density at radius 3 is 1.57 bits per heavy atom. The van der Waals surface area contributed by atoms with Crippen molar-refractivity contribution < 1.29 is 18.0 Å². The molecular weight excluding hydrogens is 402 g/mol. The van der Waals surface area contributed by atoms with Crippen LogP contribution in [0.15, 0.2) is 48.5 Å². The van der Waals surface area contributed by atoms with Crippen LogP contribution in [-0.4, -0.2) is 30.5 Å². The van der Waals surface area contributed by atoms with Crippen LogP contribution in [-0.2, 0) is 10.0 Å². The number of rotatable bonds is 5. The molecule has 2 rings (SSSR count). The Morgan fingerprint density at radius 2 is 1.13 bits per heavy atom. The Morgan fingerprint density at radius 1 is 0.700 bits per heavy atom. The maximum absolute atomic E-state index is 12.4. The highest BCUT2D eigenvalue weighted by molar-refractivity contribution is 7.94. The second kappa shape index (κ2) is 8.47. The number of benzene rings is 2. The molecule has 2 amide bonds. The molecule has 162 valence electrons. The van der Waals surface area contributed by atoms with Gasteiger partial charge in [0.1, 0.15) is 0 Å². The molecule has 0 saturated heterocycles. The number of anilines is 2. The van der Waals surface area contributed by atoms with Crippen molar-refractivity contribution in [3.63, 3.8) is 0 Å². The molecule has 0 fully saturated rings. The van der Waals surface area contributed by atoms with Crippen LogP contribution in [0.4, 0.5) is 11.4 Å². The first-order valence-electron chi connectivity index (χ1n) is 9.54. The minimum Gasteiger partial charge on any atom is -0.347 e. The van der Waals surface area contributed by atoms with Crippen molar-refractivity contribution in [3.05, 3.63) is 59.7 Å². The van der Waals surface area contributed by atoms with E-state index in [1.807, 2.05) is 20.8 Å². The third-order valence-corrected chi connectivity index (χ3v) is 6.22. The molecule has 0 radical (unpaired) electrons. The molecule has 0 aromatic heterocycles. The Balaban J connectivity index is 2.04. The van der Waals surface area contributed by atoms with E-state index >= 15 is 0 Å². The van der Waals surface area contributed by atoms with Gasteiger partial charge in [-0.3, -0.25) is 14.3 Å². The maximum Gasteiger partial charge on any atom is 0.255 e. The van der Waals surface area contributed by atoms with Crippen molar-refractivity contribution in [2.45, 2.75) is 51.8 Å². The van der Waals surface area contributed by atoms with Crippen LogP contribution in [0.1, 0.15) is 62.3 Å². The highest BCUT2D eigenvalue weighted by atomic mass is 32.2. The number of nitrogens with one attached hydrogen (secondary N) is 3. The zero-order valence-corrected chi connectivity index (χ0v) is 19.0. The van der Waals surface area contributed by atoms with E-state index < -0.39 is 14.8 Å². The topological polar surface area (TPSA) is 104 Å². The van der Waals surface area contributed by atoms with Gasteiger partial charge in [0.2, 0.25) is 10.0 Å². The van der Waals surface area contributed by atoms with Crippen molar-refractivity contribution in [1.29, 1.82) is 0 Å². The van der Waals surface area contributed by atoms with Gasteiger partial charge in [0, 0.05) is 28.0 Å². The van der Waals surface area contributed by atoms with Crippen LogP contribution >= 0.6 is 0 Å². The number of hydrogen-bond acceptors (Lipinski definition) is 4. The molecule has 7 nitrogen and oxygen atoms in total. The van der Waals surface area contributed by atoms with Crippen LogP contribution in [0, 0.1) is 0 Å². The Labute approximate surface area is 178 Å². The van der Waals surface area contributed by atoms with Crippen molar-refractivity contribution in [3.8, 4) is 0 Å². The molecule has 0 spiro atoms. The van der Waals surface area contributed by atoms with Gasteiger partial charge >= 0.3 is 0 Å². The van der Waals surface area contributed by atoms with Crippen LogP contribution in [0.2, 0.25) is 0 Å². The lowest BCUT2D eigenvalue weighted by molar-refractivity contribution is 0.0919. The minimum atomic E-state index is -3.54. The van der Waals surface area contributed by atoms with Crippen LogP contribution in [0.5, 0.6) is 0 Å². The molecule has 2 aromatic carbocycles. The molecule has 0 bridgehead atoms. The molecule has 0 atom stereocenters. The first-order chi connectivity index (χ1) is 13.7. The fourth-order valence-corrected chi connectivity index (χ4v) is 3.07. The number of carbonyl (C=O) groups is 2. The second-order valence-electron chi connectivity index (χ2n) is 9.03. The highest BCUT2D eigenvalue weighted by Gasteiger charge is 2.28. The van der Waals surface area contributed by atoms with E-state index in [2.05, 4.69) is 15.4 Å². The van der Waals surface area contributed by atoms with E-state index in [1.165, 1.54) is 12.1 Å². The molecule has 0 heterocycles. The van der Waals surface area contributed by atoms with Gasteiger partial charge < -0.3 is 10.6 Å². The lowest BCUT2D eigenvalue weighted by Crippen LogP contribution is -2.40. The monoisotopic (exact) mass is 431 g/mol. The summed E-state index contributed by atoms with van der Waals surface area (Å²) < 4.78 is 26.0. The van der Waals surface area contributed by atoms with Crippen molar-refractivity contribution in [2.75, 3.05) is 10.0 Å². The third-order valence-electron chi connectivity index (χ3n) is 4.10. The van der Waals surface area contributed by atoms with Gasteiger partial charge in [0.15, 0.2) is 0 Å². The minimum absolute atomic E-state index is 0.186. The first kappa shape index (κ1) is 23.4. The average Bonchev–Trinajstić information content (AvgIpc) is 2.60. The van der Waals surface area contributed by atoms with Gasteiger partial charge in [0.05, 0.1) is 4.75 Å². The van der Waals surface area contributed by atoms with E-state index in [4.69, 9.17) is 0 Å². The summed E-state index contributed by atoms with van der Waals surface area (Å²) >= 11 is 0. The number of amides is 2. The molecule has 3 N–H and O–H groups in total. The van der Waals surface area contributed by atoms with E-state index in [1.54, 1.807) is 57.2 Å². The predicted octanol–water partition coefficient (Wildman–Crippen LogP) is 4.01. The van der Waals surface area contributed by atoms with Gasteiger partial charge in [0.25, 0.3) is 11.8 Å². The van der Waals surface area contributed by atoms with Gasteiger partial charge in [-0.05, 0) is 90.1 Å². The maximum atomic E-state index is 12.4. The second-order valence-corrected chi connectivity index (χ2v) is 11.5. The quantitative estimate of drug-likeness (QED) is 0.665. The summed E-state index contributed by atoms with van der Waals surface area (Å²) in [5.41, 5.74) is 1.47. The molecule has 0 unspecified atom stereocenters. The summed E-state index contributed by atoms with van der Waals surface area (Å²) in [4.78, 5) is 24.6. The van der Waals surface area contributed by atoms with Crippen molar-refractivity contribution >= 4 is 33.2 Å². The van der Waals surface area contributed by atoms with Gasteiger partial charge in [-0.1, -0.05) is 0 Å². The smallest absolute Gasteiger partial charge is 0.255 e. The number of carbonyl (C=O) groups excluding carboxylic acids is 2. The normalized spacial score (nSPS) is 12.2. The van der Waals surface area contributed by atoms with Crippen LogP contribution in [0.25, 0.3) is 0 Å². The summed E-state index contributed by atoms with van der Waals surface area (Å²) in [6.45, 7) is 10.5. The zero-order chi connectivity index (χ0) is 22.7. The Hall–Kier alpha value is -2.87. The van der Waals surface area contributed by atoms with Gasteiger partial charge in [-0.2, -0.15) is 0 Å². The molecule has 0 aliphatic rings. The van der Waals surface area contributed by atoms with Crippen molar-refractivity contribution in [2.24, 2.45) is 0 Å². The molecular formula is C22H29N3O4S. The molecule has 8 heteroatoms. The summed E-state index contributed by atoms with van der Waals surface area (Å²) in [6, 6.07) is 12.8. The standard InChI is InChI=1S/C22H29N3O4S/c1-21(2,3)24-20(27)16-7-11-17(12-8-16)23-19(26)15-9-13-18(14-10-15)25-30(28,29)22(4,5)6/h7-14,25H,1-6H3,(H,23,26)(H,24,27). The highest BCUT2D eigenvalue weighted by Crippen LogP contribution is 2.20. The lowest BCUT2D eigenvalue weighted by Gasteiger charge is -2.20. The Kier molecular flexibility index (Phi) is 6.61. The molecule has 2 aromatic rings. The molecule has 0 aliphatic carbocycles. The molecule has 0 saturated carbocycles. The number of sulfonamides is 1. The lowest BCUT2D eigenvalue weighted by atomic mass is 10.1. The largest absolute Gasteiger partial charge is 0.347 e. The van der Waals surface area contributed by atoms with E-state index in [0.29, 0.717) is 22.5 Å². The van der Waals surface area contributed by atoms with E-state index in [0.717, 1.165) is 0 Å². The van der Waals surface area contributed by atoms with E-state index in [9.17, 15) is 18.0 Å².